The molecule has 5 N–H and O–H groups in total. The summed E-state index contributed by atoms with van der Waals surface area (Å²) in [6.07, 6.45) is 38.2. The number of unbranched alkanes of at least 4 members (excludes halogenated alkanes) is 28. The van der Waals surface area contributed by atoms with Crippen molar-refractivity contribution in [3.8, 4) is 0 Å². The third kappa shape index (κ3) is 34.4. The Hall–Kier alpha value is -2.22. The zero-order valence-corrected chi connectivity index (χ0v) is 39.1. The lowest BCUT2D eigenvalue weighted by atomic mass is 10.0. The molecular formula is C47H89N5O7S. The Kier molecular flexibility index (Phi) is 38.0. The lowest BCUT2D eigenvalue weighted by Crippen LogP contribution is -2.38. The molecule has 12 nitrogen and oxygen atoms in total. The van der Waals surface area contributed by atoms with Gasteiger partial charge in [0.05, 0.1) is 31.5 Å². The number of thioether (sulfide) groups is 1. The number of carbonyl (C=O) groups excluding carboxylic acids is 3. The van der Waals surface area contributed by atoms with E-state index in [0.717, 1.165) is 38.5 Å². The van der Waals surface area contributed by atoms with Gasteiger partial charge in [-0.1, -0.05) is 199 Å². The fraction of sp³-hybridized carbons (Fsp3) is 0.894. The summed E-state index contributed by atoms with van der Waals surface area (Å²) in [5.41, 5.74) is 6.15. The third-order valence-electron chi connectivity index (χ3n) is 11.0. The highest BCUT2D eigenvalue weighted by Gasteiger charge is 2.21. The van der Waals surface area contributed by atoms with E-state index in [1.807, 2.05) is 0 Å². The molecule has 0 radical (unpaired) electrons. The minimum absolute atomic E-state index is 0.0284. The number of hydrogen-bond donors (Lipinski definition) is 4. The molecule has 0 unspecified atom stereocenters. The Bertz CT molecular complexity index is 1160. The van der Waals surface area contributed by atoms with Crippen LogP contribution < -0.4 is 11.1 Å². The summed E-state index contributed by atoms with van der Waals surface area (Å²) in [6.45, 7) is 4.11. The number of amides is 1. The first-order valence-electron chi connectivity index (χ1n) is 24.5. The van der Waals surface area contributed by atoms with Gasteiger partial charge in [-0.05, 0) is 12.8 Å². The first-order valence-corrected chi connectivity index (χ1v) is 25.6. The van der Waals surface area contributed by atoms with Crippen LogP contribution in [0.15, 0.2) is 6.20 Å². The summed E-state index contributed by atoms with van der Waals surface area (Å²) in [4.78, 5) is 38.2. The van der Waals surface area contributed by atoms with Gasteiger partial charge in [0.1, 0.15) is 12.7 Å². The normalized spacial score (nSPS) is 12.9. The predicted molar refractivity (Wildman–Crippen MR) is 247 cm³/mol. The Labute approximate surface area is 369 Å². The molecule has 0 saturated heterocycles. The number of ether oxygens (including phenoxy) is 2. The summed E-state index contributed by atoms with van der Waals surface area (Å²) >= 11 is 1.35. The molecule has 0 aliphatic heterocycles. The summed E-state index contributed by atoms with van der Waals surface area (Å²) in [6, 6.07) is -0.882. The fourth-order valence-corrected chi connectivity index (χ4v) is 8.21. The Morgan fingerprint density at radius 2 is 1.08 bits per heavy atom. The molecule has 350 valence electrons. The summed E-state index contributed by atoms with van der Waals surface area (Å²) < 4.78 is 12.7. The van der Waals surface area contributed by atoms with Gasteiger partial charge in [-0.2, -0.15) is 11.8 Å². The molecule has 0 spiro atoms. The molecule has 3 atom stereocenters. The average molecular weight is 868 g/mol. The number of esters is 2. The van der Waals surface area contributed by atoms with Gasteiger partial charge in [-0.15, -0.1) is 5.10 Å². The van der Waals surface area contributed by atoms with Crippen LogP contribution in [0.4, 0.5) is 5.82 Å². The number of nitrogens with zero attached hydrogens (tertiary/aromatic N) is 3. The lowest BCUT2D eigenvalue weighted by Gasteiger charge is -2.19. The van der Waals surface area contributed by atoms with E-state index in [4.69, 9.17) is 20.3 Å². The first-order chi connectivity index (χ1) is 29.3. The van der Waals surface area contributed by atoms with Crippen LogP contribution in [0.5, 0.6) is 0 Å². The standard InChI is InChI=1S/C47H89N5O7S/c1-3-5-7-9-11-13-15-17-19-21-23-25-27-29-31-33-45(55)58-38-42(39-60-40-43(48)47(57)49-44-36-52(51-50-44)35-41(54)37-53)59-46(56)34-32-30-28-26-24-22-20-18-16-14-12-10-8-6-4-2/h36,41-43,53-54H,3-35,37-40,48H2,1-2H3,(H,49,57)/t41-,42-,43-/m1/s1. The second kappa shape index (κ2) is 40.8. The highest BCUT2D eigenvalue weighted by molar-refractivity contribution is 7.99. The second-order valence-corrected chi connectivity index (χ2v) is 18.1. The number of carbonyl (C=O) groups is 3. The van der Waals surface area contributed by atoms with E-state index in [2.05, 4.69) is 29.5 Å². The number of anilines is 1. The maximum absolute atomic E-state index is 12.9. The van der Waals surface area contributed by atoms with E-state index < -0.39 is 30.8 Å². The summed E-state index contributed by atoms with van der Waals surface area (Å²) in [5.74, 6) is -0.304. The molecule has 0 aliphatic carbocycles. The van der Waals surface area contributed by atoms with E-state index in [1.54, 1.807) is 0 Å². The minimum Gasteiger partial charge on any atom is -0.462 e. The van der Waals surface area contributed by atoms with Crippen LogP contribution in [0, 0.1) is 0 Å². The largest absolute Gasteiger partial charge is 0.462 e. The second-order valence-electron chi connectivity index (χ2n) is 17.0. The van der Waals surface area contributed by atoms with Crippen molar-refractivity contribution in [1.29, 1.82) is 0 Å². The number of rotatable bonds is 44. The SMILES string of the molecule is CCCCCCCCCCCCCCCCCC(=O)OC[C@H](CSC[C@@H](N)C(=O)Nc1cn(C[C@@H](O)CO)nn1)OC(=O)CCCCCCCCCCCCCCCCC. The van der Waals surface area contributed by atoms with E-state index >= 15 is 0 Å². The molecule has 1 aromatic rings. The summed E-state index contributed by atoms with van der Waals surface area (Å²) in [5, 5.41) is 28.9. The predicted octanol–water partition coefficient (Wildman–Crippen LogP) is 10.6. The highest BCUT2D eigenvalue weighted by atomic mass is 32.2. The molecule has 13 heteroatoms. The van der Waals surface area contributed by atoms with Gasteiger partial charge in [-0.3, -0.25) is 14.4 Å². The van der Waals surface area contributed by atoms with Crippen molar-refractivity contribution in [2.75, 3.05) is 30.0 Å². The Morgan fingerprint density at radius 3 is 1.52 bits per heavy atom. The molecule has 0 fully saturated rings. The number of aromatic nitrogens is 3. The maximum Gasteiger partial charge on any atom is 0.306 e. The number of hydrogen-bond acceptors (Lipinski definition) is 11. The first kappa shape index (κ1) is 55.8. The van der Waals surface area contributed by atoms with Gasteiger partial charge < -0.3 is 30.7 Å². The molecule has 1 amide bonds. The van der Waals surface area contributed by atoms with E-state index in [-0.39, 0.29) is 36.7 Å². The van der Waals surface area contributed by atoms with Crippen molar-refractivity contribution in [1.82, 2.24) is 15.0 Å². The van der Waals surface area contributed by atoms with E-state index in [9.17, 15) is 19.5 Å². The van der Waals surface area contributed by atoms with Gasteiger partial charge >= 0.3 is 11.9 Å². The molecule has 1 rings (SSSR count). The summed E-state index contributed by atoms with van der Waals surface area (Å²) in [7, 11) is 0. The molecule has 1 aromatic heterocycles. The quantitative estimate of drug-likeness (QED) is 0.0362. The minimum atomic E-state index is -0.992. The average Bonchev–Trinajstić information content (AvgIpc) is 3.68. The Morgan fingerprint density at radius 1 is 0.667 bits per heavy atom. The topological polar surface area (TPSA) is 179 Å². The molecular weight excluding hydrogens is 779 g/mol. The van der Waals surface area contributed by atoms with Gasteiger partial charge in [0.15, 0.2) is 5.82 Å². The van der Waals surface area contributed by atoms with Crippen LogP contribution in [0.25, 0.3) is 0 Å². The van der Waals surface area contributed by atoms with Gasteiger partial charge in [0.2, 0.25) is 5.91 Å². The number of nitrogens with one attached hydrogen (secondary N) is 1. The zero-order valence-electron chi connectivity index (χ0n) is 38.2. The van der Waals surface area contributed by atoms with Crippen LogP contribution >= 0.6 is 11.8 Å². The van der Waals surface area contributed by atoms with E-state index in [1.165, 1.54) is 177 Å². The lowest BCUT2D eigenvalue weighted by molar-refractivity contribution is -0.157. The van der Waals surface area contributed by atoms with Gasteiger partial charge in [0, 0.05) is 24.3 Å². The molecule has 1 heterocycles. The van der Waals surface area contributed by atoms with Crippen molar-refractivity contribution in [3.63, 3.8) is 0 Å². The molecule has 60 heavy (non-hydrogen) atoms. The van der Waals surface area contributed by atoms with Crippen LogP contribution in [-0.4, -0.2) is 86.0 Å². The van der Waals surface area contributed by atoms with Crippen molar-refractivity contribution >= 4 is 35.4 Å². The number of nitrogens with two attached hydrogens (primary N) is 1. The zero-order chi connectivity index (χ0) is 43.7. The molecule has 0 saturated carbocycles. The van der Waals surface area contributed by atoms with Gasteiger partial charge in [0.25, 0.3) is 0 Å². The number of aliphatic hydroxyl groups excluding tert-OH is 2. The smallest absolute Gasteiger partial charge is 0.306 e. The number of aliphatic hydroxyl groups is 2. The Balaban J connectivity index is 2.36. The molecule has 0 bridgehead atoms. The van der Waals surface area contributed by atoms with Crippen LogP contribution in [0.3, 0.4) is 0 Å². The van der Waals surface area contributed by atoms with E-state index in [0.29, 0.717) is 18.6 Å². The van der Waals surface area contributed by atoms with Crippen molar-refractivity contribution in [2.45, 2.75) is 244 Å². The van der Waals surface area contributed by atoms with Crippen molar-refractivity contribution < 1.29 is 34.1 Å². The fourth-order valence-electron chi connectivity index (χ4n) is 7.24. The van der Waals surface area contributed by atoms with Crippen molar-refractivity contribution in [2.24, 2.45) is 5.73 Å². The van der Waals surface area contributed by atoms with Crippen molar-refractivity contribution in [3.05, 3.63) is 6.20 Å². The molecule has 0 aliphatic rings. The van der Waals surface area contributed by atoms with Gasteiger partial charge in [-0.25, -0.2) is 4.68 Å². The molecule has 0 aromatic carbocycles. The van der Waals surface area contributed by atoms with Crippen LogP contribution in [0.1, 0.15) is 219 Å². The van der Waals surface area contributed by atoms with Crippen LogP contribution in [0.2, 0.25) is 0 Å². The maximum atomic E-state index is 12.9. The van der Waals surface area contributed by atoms with Crippen LogP contribution in [-0.2, 0) is 30.4 Å². The third-order valence-corrected chi connectivity index (χ3v) is 12.2. The monoisotopic (exact) mass is 868 g/mol. The highest BCUT2D eigenvalue weighted by Crippen LogP contribution is 2.17.